The molecule has 3 aliphatic rings. The summed E-state index contributed by atoms with van der Waals surface area (Å²) in [6, 6.07) is 11.1. The van der Waals surface area contributed by atoms with Crippen molar-refractivity contribution in [3.8, 4) is 0 Å². The highest BCUT2D eigenvalue weighted by atomic mass is 32.2. The number of anilines is 3. The van der Waals surface area contributed by atoms with Crippen LogP contribution in [0.15, 0.2) is 36.4 Å². The van der Waals surface area contributed by atoms with Crippen molar-refractivity contribution in [2.75, 3.05) is 27.6 Å². The Labute approximate surface area is 198 Å². The number of carbonyl (C=O) groups is 2. The standard InChI is InChI=1S/C23H23F3N4O3S/c24-23(25,26)22(32)33-30-20-7-5-16(13-19(20)28-34-30)21(31)27-17-6-4-14-8-10-29(18-2-1-3-18)11-9-15(14)12-17/h4-7,12-13,18,28H,1-3,8-11H2,(H,27,31). The van der Waals surface area contributed by atoms with E-state index in [-0.39, 0.29) is 11.6 Å². The zero-order chi connectivity index (χ0) is 23.9. The Kier molecular flexibility index (Phi) is 6.07. The number of alkyl halides is 3. The van der Waals surface area contributed by atoms with Crippen LogP contribution in [0.1, 0.15) is 40.7 Å². The Morgan fingerprint density at radius 3 is 2.53 bits per heavy atom. The third-order valence-corrected chi connectivity index (χ3v) is 7.23. The van der Waals surface area contributed by atoms with E-state index in [4.69, 9.17) is 0 Å². The van der Waals surface area contributed by atoms with Gasteiger partial charge in [-0.1, -0.05) is 12.5 Å². The minimum absolute atomic E-state index is 0.209. The first-order chi connectivity index (χ1) is 16.3. The molecule has 0 unspecified atom stereocenters. The second kappa shape index (κ2) is 9.03. The van der Waals surface area contributed by atoms with Crippen LogP contribution in [0.2, 0.25) is 0 Å². The summed E-state index contributed by atoms with van der Waals surface area (Å²) in [6.07, 6.45) is 0.735. The molecule has 0 saturated heterocycles. The van der Waals surface area contributed by atoms with Crippen LogP contribution in [0.3, 0.4) is 0 Å². The maximum absolute atomic E-state index is 12.8. The largest absolute Gasteiger partial charge is 0.493 e. The van der Waals surface area contributed by atoms with E-state index in [0.29, 0.717) is 35.1 Å². The molecule has 0 spiro atoms. The van der Waals surface area contributed by atoms with Gasteiger partial charge in [-0.2, -0.15) is 13.2 Å². The van der Waals surface area contributed by atoms with Gasteiger partial charge in [-0.15, -0.1) is 4.47 Å². The van der Waals surface area contributed by atoms with Crippen molar-refractivity contribution in [1.29, 1.82) is 0 Å². The van der Waals surface area contributed by atoms with Crippen molar-refractivity contribution in [2.45, 2.75) is 44.3 Å². The number of amides is 1. The monoisotopic (exact) mass is 492 g/mol. The third kappa shape index (κ3) is 4.67. The van der Waals surface area contributed by atoms with Crippen molar-refractivity contribution >= 4 is 41.1 Å². The Balaban J connectivity index is 1.24. The topological polar surface area (TPSA) is 73.9 Å². The zero-order valence-corrected chi connectivity index (χ0v) is 19.0. The van der Waals surface area contributed by atoms with Crippen LogP contribution in [0.4, 0.5) is 30.2 Å². The van der Waals surface area contributed by atoms with Crippen LogP contribution in [0.25, 0.3) is 0 Å². The molecule has 11 heteroatoms. The minimum Gasteiger partial charge on any atom is -0.322 e. The van der Waals surface area contributed by atoms with Gasteiger partial charge in [0, 0.05) is 30.4 Å². The summed E-state index contributed by atoms with van der Waals surface area (Å²) in [5.41, 5.74) is 4.15. The smallest absolute Gasteiger partial charge is 0.322 e. The average Bonchev–Trinajstić information content (AvgIpc) is 3.04. The quantitative estimate of drug-likeness (QED) is 0.599. The Bertz CT molecular complexity index is 1120. The van der Waals surface area contributed by atoms with Gasteiger partial charge in [0.1, 0.15) is 17.8 Å². The predicted octanol–water partition coefficient (Wildman–Crippen LogP) is 4.71. The average molecular weight is 493 g/mol. The minimum atomic E-state index is -5.10. The first-order valence-corrected chi connectivity index (χ1v) is 11.9. The Morgan fingerprint density at radius 1 is 1.06 bits per heavy atom. The molecule has 2 aromatic carbocycles. The molecule has 1 fully saturated rings. The number of fused-ring (bicyclic) bond motifs is 2. The summed E-state index contributed by atoms with van der Waals surface area (Å²) in [6.45, 7) is 2.09. The molecule has 0 aromatic heterocycles. The maximum atomic E-state index is 12.8. The lowest BCUT2D eigenvalue weighted by atomic mass is 9.91. The molecule has 2 aromatic rings. The van der Waals surface area contributed by atoms with E-state index in [0.717, 1.165) is 30.4 Å². The highest BCUT2D eigenvalue weighted by molar-refractivity contribution is 8.02. The fourth-order valence-electron chi connectivity index (χ4n) is 4.39. The van der Waals surface area contributed by atoms with Gasteiger partial charge in [0.15, 0.2) is 0 Å². The number of rotatable bonds is 4. The summed E-state index contributed by atoms with van der Waals surface area (Å²) in [7, 11) is 0. The van der Waals surface area contributed by atoms with Gasteiger partial charge in [-0.3, -0.25) is 9.69 Å². The number of nitrogens with one attached hydrogen (secondary N) is 2. The maximum Gasteiger partial charge on any atom is 0.493 e. The second-order valence-electron chi connectivity index (χ2n) is 8.62. The summed E-state index contributed by atoms with van der Waals surface area (Å²) >= 11 is 0.670. The van der Waals surface area contributed by atoms with Gasteiger partial charge >= 0.3 is 12.1 Å². The van der Waals surface area contributed by atoms with Crippen LogP contribution < -0.4 is 14.5 Å². The number of halogens is 3. The molecule has 0 radical (unpaired) electrons. The van der Waals surface area contributed by atoms with Crippen LogP contribution in [-0.4, -0.2) is 42.1 Å². The fraction of sp³-hybridized carbons (Fsp3) is 0.391. The van der Waals surface area contributed by atoms with Crippen molar-refractivity contribution in [3.63, 3.8) is 0 Å². The third-order valence-electron chi connectivity index (χ3n) is 6.48. The number of carbonyl (C=O) groups excluding carboxylic acids is 2. The molecule has 1 aliphatic carbocycles. The molecule has 2 aliphatic heterocycles. The van der Waals surface area contributed by atoms with E-state index in [1.807, 2.05) is 12.1 Å². The van der Waals surface area contributed by atoms with E-state index in [1.54, 1.807) is 0 Å². The lowest BCUT2D eigenvalue weighted by Gasteiger charge is -2.36. The van der Waals surface area contributed by atoms with Gasteiger partial charge in [0.2, 0.25) is 0 Å². The van der Waals surface area contributed by atoms with Crippen LogP contribution in [0, 0.1) is 0 Å². The van der Waals surface area contributed by atoms with Gasteiger partial charge < -0.3 is 14.9 Å². The summed E-state index contributed by atoms with van der Waals surface area (Å²) < 4.78 is 40.9. The summed E-state index contributed by atoms with van der Waals surface area (Å²) in [4.78, 5) is 30.9. The number of benzene rings is 2. The summed E-state index contributed by atoms with van der Waals surface area (Å²) in [5, 5.41) is 2.90. The molecule has 34 heavy (non-hydrogen) atoms. The fourth-order valence-corrected chi connectivity index (χ4v) is 5.10. The normalized spacial score (nSPS) is 18.3. The predicted molar refractivity (Wildman–Crippen MR) is 123 cm³/mol. The molecular weight excluding hydrogens is 469 g/mol. The van der Waals surface area contributed by atoms with Crippen molar-refractivity contribution in [3.05, 3.63) is 53.1 Å². The molecule has 7 nitrogen and oxygen atoms in total. The van der Waals surface area contributed by atoms with Gasteiger partial charge in [-0.05, 0) is 67.1 Å². The van der Waals surface area contributed by atoms with E-state index in [1.165, 1.54) is 48.6 Å². The van der Waals surface area contributed by atoms with Gasteiger partial charge in [-0.25, -0.2) is 4.79 Å². The van der Waals surface area contributed by atoms with E-state index in [9.17, 15) is 22.8 Å². The summed E-state index contributed by atoms with van der Waals surface area (Å²) in [5.74, 6) is -2.67. The lowest BCUT2D eigenvalue weighted by Crippen LogP contribution is -2.41. The van der Waals surface area contributed by atoms with Crippen LogP contribution in [-0.2, 0) is 22.5 Å². The zero-order valence-electron chi connectivity index (χ0n) is 18.2. The molecule has 2 N–H and O–H groups in total. The molecular formula is C23H23F3N4O3S. The molecule has 5 rings (SSSR count). The van der Waals surface area contributed by atoms with E-state index >= 15 is 0 Å². The molecule has 0 bridgehead atoms. The van der Waals surface area contributed by atoms with Crippen molar-refractivity contribution < 1.29 is 27.6 Å². The second-order valence-corrected chi connectivity index (χ2v) is 9.34. The van der Waals surface area contributed by atoms with Gasteiger partial charge in [0.25, 0.3) is 5.91 Å². The molecule has 1 amide bonds. The van der Waals surface area contributed by atoms with Crippen molar-refractivity contribution in [2.24, 2.45) is 0 Å². The number of nitrogens with zero attached hydrogens (tertiary/aromatic N) is 2. The molecule has 1 saturated carbocycles. The highest BCUT2D eigenvalue weighted by Crippen LogP contribution is 2.40. The first-order valence-electron chi connectivity index (χ1n) is 11.1. The SMILES string of the molecule is O=C(Nc1ccc2c(c1)CCN(C1CCC1)CC2)c1ccc2c(c1)NSN2OC(=O)C(F)(F)F. The molecule has 0 atom stereocenters. The molecule has 2 heterocycles. The lowest BCUT2D eigenvalue weighted by molar-refractivity contribution is -0.198. The first kappa shape index (κ1) is 22.9. The Hall–Kier alpha value is -2.92. The number of hydrogen-bond acceptors (Lipinski definition) is 7. The highest BCUT2D eigenvalue weighted by Gasteiger charge is 2.44. The van der Waals surface area contributed by atoms with Crippen LogP contribution in [0.5, 0.6) is 0 Å². The van der Waals surface area contributed by atoms with E-state index in [2.05, 4.69) is 25.8 Å². The molecule has 180 valence electrons. The Morgan fingerprint density at radius 2 is 1.82 bits per heavy atom. The van der Waals surface area contributed by atoms with Crippen LogP contribution >= 0.6 is 12.1 Å². The van der Waals surface area contributed by atoms with Gasteiger partial charge in [0.05, 0.1) is 5.69 Å². The number of hydrogen-bond donors (Lipinski definition) is 2. The van der Waals surface area contributed by atoms with E-state index < -0.39 is 12.1 Å². The van der Waals surface area contributed by atoms with Crippen molar-refractivity contribution in [1.82, 2.24) is 4.90 Å².